The second kappa shape index (κ2) is 6.68. The van der Waals surface area contributed by atoms with Crippen LogP contribution in [0.3, 0.4) is 0 Å². The number of halogens is 1. The van der Waals surface area contributed by atoms with E-state index in [-0.39, 0.29) is 21.7 Å². The number of nitrogens with zero attached hydrogens (tertiary/aromatic N) is 1. The van der Waals surface area contributed by atoms with Gasteiger partial charge >= 0.3 is 0 Å². The van der Waals surface area contributed by atoms with E-state index in [0.717, 1.165) is 17.7 Å². The number of aryl methyl sites for hydroxylation is 1. The predicted molar refractivity (Wildman–Crippen MR) is 92.7 cm³/mol. The van der Waals surface area contributed by atoms with Gasteiger partial charge in [-0.1, -0.05) is 17.7 Å². The SMILES string of the molecule is CCNc1oc(-c2cccc(C)c2)nc1S(=O)(=O)c1ccc(F)cc1. The molecular formula is C18H17FN2O3S. The van der Waals surface area contributed by atoms with Crippen molar-refractivity contribution in [3.8, 4) is 11.5 Å². The van der Waals surface area contributed by atoms with Crippen molar-refractivity contribution in [2.24, 2.45) is 0 Å². The standard InChI is InChI=1S/C18H17FN2O3S/c1-3-20-17-18(25(22,23)15-9-7-14(19)8-10-15)21-16(24-17)13-6-4-5-12(2)11-13/h4-11,20H,3H2,1-2H3. The zero-order chi connectivity index (χ0) is 18.0. The summed E-state index contributed by atoms with van der Waals surface area (Å²) in [5.41, 5.74) is 1.68. The number of rotatable bonds is 5. The van der Waals surface area contributed by atoms with Gasteiger partial charge in [-0.25, -0.2) is 12.8 Å². The minimum atomic E-state index is -3.94. The number of aromatic nitrogens is 1. The van der Waals surface area contributed by atoms with Crippen molar-refractivity contribution >= 4 is 15.7 Å². The molecular weight excluding hydrogens is 343 g/mol. The Morgan fingerprint density at radius 1 is 1.16 bits per heavy atom. The topological polar surface area (TPSA) is 72.2 Å². The van der Waals surface area contributed by atoms with Gasteiger partial charge in [0.05, 0.1) is 4.90 Å². The molecule has 1 aromatic heterocycles. The summed E-state index contributed by atoms with van der Waals surface area (Å²) in [5.74, 6) is -0.227. The lowest BCUT2D eigenvalue weighted by molar-refractivity contribution is 0.577. The van der Waals surface area contributed by atoms with Crippen LogP contribution < -0.4 is 5.32 Å². The van der Waals surface area contributed by atoms with E-state index in [0.29, 0.717) is 12.1 Å². The molecule has 2 aromatic carbocycles. The van der Waals surface area contributed by atoms with Gasteiger partial charge in [0.25, 0.3) is 0 Å². The first kappa shape index (κ1) is 17.2. The third kappa shape index (κ3) is 3.41. The lowest BCUT2D eigenvalue weighted by Crippen LogP contribution is -2.07. The molecule has 3 aromatic rings. The van der Waals surface area contributed by atoms with E-state index in [4.69, 9.17) is 4.42 Å². The summed E-state index contributed by atoms with van der Waals surface area (Å²) < 4.78 is 44.5. The average molecular weight is 360 g/mol. The molecule has 0 amide bonds. The van der Waals surface area contributed by atoms with Crippen molar-refractivity contribution in [1.29, 1.82) is 0 Å². The highest BCUT2D eigenvalue weighted by Crippen LogP contribution is 2.32. The fraction of sp³-hybridized carbons (Fsp3) is 0.167. The highest BCUT2D eigenvalue weighted by atomic mass is 32.2. The Labute approximate surface area is 145 Å². The minimum absolute atomic E-state index is 0.0443. The van der Waals surface area contributed by atoms with Gasteiger partial charge in [0.2, 0.25) is 26.6 Å². The van der Waals surface area contributed by atoms with Crippen LogP contribution in [-0.4, -0.2) is 19.9 Å². The predicted octanol–water partition coefficient (Wildman–Crippen LogP) is 4.05. The molecule has 25 heavy (non-hydrogen) atoms. The van der Waals surface area contributed by atoms with Crippen molar-refractivity contribution in [1.82, 2.24) is 4.98 Å². The smallest absolute Gasteiger partial charge is 0.233 e. The number of hydrogen-bond donors (Lipinski definition) is 1. The van der Waals surface area contributed by atoms with Gasteiger partial charge in [-0.2, -0.15) is 4.98 Å². The number of benzene rings is 2. The summed E-state index contributed by atoms with van der Waals surface area (Å²) in [4.78, 5) is 4.16. The fourth-order valence-corrected chi connectivity index (χ4v) is 3.67. The Hall–Kier alpha value is -2.67. The summed E-state index contributed by atoms with van der Waals surface area (Å²) in [5, 5.41) is 2.68. The van der Waals surface area contributed by atoms with Gasteiger partial charge < -0.3 is 9.73 Å². The first-order valence-corrected chi connectivity index (χ1v) is 9.22. The Kier molecular flexibility index (Phi) is 4.59. The maximum Gasteiger partial charge on any atom is 0.233 e. The summed E-state index contributed by atoms with van der Waals surface area (Å²) >= 11 is 0. The zero-order valence-electron chi connectivity index (χ0n) is 13.8. The third-order valence-corrected chi connectivity index (χ3v) is 5.26. The third-order valence-electron chi connectivity index (χ3n) is 3.58. The van der Waals surface area contributed by atoms with E-state index in [1.54, 1.807) is 6.07 Å². The van der Waals surface area contributed by atoms with Gasteiger partial charge in [0.15, 0.2) is 0 Å². The van der Waals surface area contributed by atoms with Crippen molar-refractivity contribution in [2.45, 2.75) is 23.8 Å². The van der Waals surface area contributed by atoms with Crippen LogP contribution >= 0.6 is 0 Å². The largest absolute Gasteiger partial charge is 0.419 e. The van der Waals surface area contributed by atoms with Crippen LogP contribution in [0.2, 0.25) is 0 Å². The monoisotopic (exact) mass is 360 g/mol. The van der Waals surface area contributed by atoms with Crippen molar-refractivity contribution < 1.29 is 17.2 Å². The van der Waals surface area contributed by atoms with Crippen LogP contribution in [-0.2, 0) is 9.84 Å². The average Bonchev–Trinajstić information content (AvgIpc) is 3.00. The van der Waals surface area contributed by atoms with Gasteiger partial charge in [-0.15, -0.1) is 0 Å². The number of sulfone groups is 1. The lowest BCUT2D eigenvalue weighted by atomic mass is 10.1. The quantitative estimate of drug-likeness (QED) is 0.695. The van der Waals surface area contributed by atoms with E-state index in [9.17, 15) is 12.8 Å². The van der Waals surface area contributed by atoms with Crippen molar-refractivity contribution in [3.05, 3.63) is 59.9 Å². The first-order chi connectivity index (χ1) is 11.9. The molecule has 1 N–H and O–H groups in total. The summed E-state index contributed by atoms with van der Waals surface area (Å²) in [6.45, 7) is 4.21. The van der Waals surface area contributed by atoms with Crippen molar-refractivity contribution in [3.63, 3.8) is 0 Å². The first-order valence-electron chi connectivity index (χ1n) is 7.74. The molecule has 3 rings (SSSR count). The number of oxazole rings is 1. The van der Waals surface area contributed by atoms with Crippen LogP contribution in [0.4, 0.5) is 10.3 Å². The molecule has 0 radical (unpaired) electrons. The number of nitrogens with one attached hydrogen (secondary N) is 1. The van der Waals surface area contributed by atoms with Crippen LogP contribution in [0, 0.1) is 12.7 Å². The van der Waals surface area contributed by atoms with E-state index in [1.807, 2.05) is 32.0 Å². The van der Waals surface area contributed by atoms with Crippen LogP contribution in [0.25, 0.3) is 11.5 Å². The molecule has 0 saturated carbocycles. The van der Waals surface area contributed by atoms with E-state index < -0.39 is 15.7 Å². The maximum absolute atomic E-state index is 13.1. The second-order valence-corrected chi connectivity index (χ2v) is 7.38. The summed E-state index contributed by atoms with van der Waals surface area (Å²) in [7, 11) is -3.94. The Balaban J connectivity index is 2.13. The maximum atomic E-state index is 13.1. The summed E-state index contributed by atoms with van der Waals surface area (Å²) in [6.07, 6.45) is 0. The number of anilines is 1. The van der Waals surface area contributed by atoms with E-state index in [1.165, 1.54) is 12.1 Å². The van der Waals surface area contributed by atoms with Gasteiger partial charge in [0, 0.05) is 12.1 Å². The molecule has 0 spiro atoms. The lowest BCUT2D eigenvalue weighted by Gasteiger charge is -2.04. The van der Waals surface area contributed by atoms with E-state index >= 15 is 0 Å². The van der Waals surface area contributed by atoms with Gasteiger partial charge in [-0.3, -0.25) is 0 Å². The molecule has 0 aliphatic heterocycles. The van der Waals surface area contributed by atoms with Crippen LogP contribution in [0.5, 0.6) is 0 Å². The van der Waals surface area contributed by atoms with Crippen molar-refractivity contribution in [2.75, 3.05) is 11.9 Å². The highest BCUT2D eigenvalue weighted by molar-refractivity contribution is 7.91. The minimum Gasteiger partial charge on any atom is -0.419 e. The molecule has 0 atom stereocenters. The highest BCUT2D eigenvalue weighted by Gasteiger charge is 2.28. The fourth-order valence-electron chi connectivity index (χ4n) is 2.39. The Morgan fingerprint density at radius 3 is 2.52 bits per heavy atom. The molecule has 130 valence electrons. The molecule has 1 heterocycles. The molecule has 0 aliphatic carbocycles. The Bertz CT molecular complexity index is 995. The van der Waals surface area contributed by atoms with E-state index in [2.05, 4.69) is 10.3 Å². The molecule has 0 aliphatic rings. The zero-order valence-corrected chi connectivity index (χ0v) is 14.6. The van der Waals surface area contributed by atoms with Gasteiger partial charge in [0.1, 0.15) is 5.82 Å². The molecule has 0 fully saturated rings. The molecule has 0 saturated heterocycles. The Morgan fingerprint density at radius 2 is 1.88 bits per heavy atom. The second-order valence-electron chi connectivity index (χ2n) is 5.51. The molecule has 0 unspecified atom stereocenters. The molecule has 7 heteroatoms. The molecule has 5 nitrogen and oxygen atoms in total. The summed E-state index contributed by atoms with van der Waals surface area (Å²) in [6, 6.07) is 12.0. The van der Waals surface area contributed by atoms with Crippen LogP contribution in [0.15, 0.2) is 62.9 Å². The number of hydrogen-bond acceptors (Lipinski definition) is 5. The normalized spacial score (nSPS) is 11.5. The molecule has 0 bridgehead atoms. The van der Waals surface area contributed by atoms with Crippen LogP contribution in [0.1, 0.15) is 12.5 Å². The van der Waals surface area contributed by atoms with Gasteiger partial charge in [-0.05, 0) is 50.2 Å².